The van der Waals surface area contributed by atoms with E-state index in [-0.39, 0.29) is 43.4 Å². The maximum atomic E-state index is 12.9. The molecule has 4 amide bonds. The van der Waals surface area contributed by atoms with Gasteiger partial charge in [-0.1, -0.05) is 33.6 Å². The zero-order valence-corrected chi connectivity index (χ0v) is 21.0. The lowest BCUT2D eigenvalue weighted by Crippen LogP contribution is -2.44. The smallest absolute Gasteiger partial charge is 0.253 e. The highest BCUT2D eigenvalue weighted by atomic mass is 16.3. The second-order valence-corrected chi connectivity index (χ2v) is 9.97. The number of hydrogen-bond donors (Lipinski definition) is 3. The van der Waals surface area contributed by atoms with Gasteiger partial charge in [-0.3, -0.25) is 33.7 Å². The van der Waals surface area contributed by atoms with Crippen molar-refractivity contribution in [1.29, 1.82) is 0 Å². The molecule has 0 aromatic carbocycles. The maximum Gasteiger partial charge on any atom is 0.253 e. The number of nitrogens with one attached hydrogen (secondary N) is 1. The van der Waals surface area contributed by atoms with Crippen molar-refractivity contribution < 1.29 is 33.9 Å². The molecular formula is C25H39N3O7. The Kier molecular flexibility index (Phi) is 12.5. The van der Waals surface area contributed by atoms with Crippen molar-refractivity contribution in [3.05, 3.63) is 12.2 Å². The summed E-state index contributed by atoms with van der Waals surface area (Å²) in [5.74, 6) is -2.58. The monoisotopic (exact) mass is 493 g/mol. The van der Waals surface area contributed by atoms with Crippen molar-refractivity contribution in [2.75, 3.05) is 13.2 Å². The van der Waals surface area contributed by atoms with Crippen LogP contribution in [0.5, 0.6) is 0 Å². The average molecular weight is 494 g/mol. The number of unbranched alkanes of at least 4 members (excludes halogenated alkanes) is 3. The molecule has 35 heavy (non-hydrogen) atoms. The molecule has 0 saturated heterocycles. The number of ketones is 2. The largest absolute Gasteiger partial charge is 0.394 e. The highest BCUT2D eigenvalue weighted by molar-refractivity contribution is 6.12. The molecule has 0 spiro atoms. The van der Waals surface area contributed by atoms with E-state index in [1.165, 1.54) is 12.2 Å². The number of nitrogens with zero attached hydrogens (tertiary/aromatic N) is 1. The summed E-state index contributed by atoms with van der Waals surface area (Å²) in [6.07, 6.45) is 5.83. The summed E-state index contributed by atoms with van der Waals surface area (Å²) in [4.78, 5) is 73.0. The van der Waals surface area contributed by atoms with Gasteiger partial charge in [-0.05, 0) is 25.7 Å². The molecule has 0 bridgehead atoms. The Hall–Kier alpha value is -2.88. The van der Waals surface area contributed by atoms with E-state index < -0.39 is 41.6 Å². The number of rotatable bonds is 17. The van der Waals surface area contributed by atoms with Gasteiger partial charge in [0.1, 0.15) is 11.8 Å². The lowest BCUT2D eigenvalue weighted by Gasteiger charge is -2.25. The quantitative estimate of drug-likeness (QED) is 0.202. The van der Waals surface area contributed by atoms with E-state index in [0.29, 0.717) is 38.5 Å². The summed E-state index contributed by atoms with van der Waals surface area (Å²) in [5.41, 5.74) is 4.49. The number of carbonyl (C=O) groups excluding carboxylic acids is 6. The lowest BCUT2D eigenvalue weighted by atomic mass is 9.78. The van der Waals surface area contributed by atoms with Crippen LogP contribution in [-0.2, 0) is 28.8 Å². The molecule has 0 aliphatic carbocycles. The van der Waals surface area contributed by atoms with Crippen LogP contribution in [0.3, 0.4) is 0 Å². The predicted molar refractivity (Wildman–Crippen MR) is 129 cm³/mol. The molecule has 0 saturated carbocycles. The lowest BCUT2D eigenvalue weighted by molar-refractivity contribution is -0.137. The number of amides is 4. The minimum absolute atomic E-state index is 0.0851. The summed E-state index contributed by atoms with van der Waals surface area (Å²) in [5, 5.41) is 12.2. The zero-order chi connectivity index (χ0) is 26.6. The summed E-state index contributed by atoms with van der Waals surface area (Å²) in [6.45, 7) is 5.02. The van der Waals surface area contributed by atoms with Crippen molar-refractivity contribution in [2.45, 2.75) is 84.6 Å². The summed E-state index contributed by atoms with van der Waals surface area (Å²) < 4.78 is 0. The molecule has 0 unspecified atom stereocenters. The van der Waals surface area contributed by atoms with Gasteiger partial charge in [0.2, 0.25) is 11.8 Å². The molecule has 0 radical (unpaired) electrons. The Morgan fingerprint density at radius 1 is 0.971 bits per heavy atom. The highest BCUT2D eigenvalue weighted by Crippen LogP contribution is 2.27. The second-order valence-electron chi connectivity index (χ2n) is 9.97. The molecule has 1 heterocycles. The van der Waals surface area contributed by atoms with Gasteiger partial charge in [0.15, 0.2) is 5.78 Å². The van der Waals surface area contributed by atoms with Crippen LogP contribution in [0.15, 0.2) is 12.2 Å². The van der Waals surface area contributed by atoms with Crippen LogP contribution in [0, 0.1) is 11.3 Å². The molecule has 0 aromatic rings. The number of aliphatic hydroxyl groups excluding tert-OH is 1. The predicted octanol–water partition coefficient (Wildman–Crippen LogP) is 1.19. The van der Waals surface area contributed by atoms with E-state index in [2.05, 4.69) is 5.32 Å². The first kappa shape index (κ1) is 30.2. The summed E-state index contributed by atoms with van der Waals surface area (Å²) in [6, 6.07) is -1.10. The molecule has 1 aliphatic rings. The standard InChI is InChI=1S/C25H39N3O7/c1-25(2,3)24(35)17(9-6-7-10-20(26)31)15-19(30)18(16-29)27-21(32)11-5-4-8-14-28-22(33)12-13-23(28)34/h12-13,17-18,29H,4-11,14-16H2,1-3H3,(H2,26,31)(H,27,32)/t17-,18+/m1/s1. The maximum absolute atomic E-state index is 12.9. The first-order valence-corrected chi connectivity index (χ1v) is 12.2. The third-order valence-electron chi connectivity index (χ3n) is 5.88. The number of hydrogen-bond acceptors (Lipinski definition) is 7. The van der Waals surface area contributed by atoms with Crippen molar-refractivity contribution >= 4 is 35.2 Å². The zero-order valence-electron chi connectivity index (χ0n) is 21.0. The molecule has 0 fully saturated rings. The Morgan fingerprint density at radius 2 is 1.57 bits per heavy atom. The number of nitrogens with two attached hydrogens (primary N) is 1. The van der Waals surface area contributed by atoms with Crippen LogP contribution in [0.1, 0.15) is 78.6 Å². The minimum atomic E-state index is -1.10. The highest BCUT2D eigenvalue weighted by Gasteiger charge is 2.33. The van der Waals surface area contributed by atoms with Gasteiger partial charge in [-0.15, -0.1) is 0 Å². The van der Waals surface area contributed by atoms with Crippen molar-refractivity contribution in [3.8, 4) is 0 Å². The fourth-order valence-corrected chi connectivity index (χ4v) is 3.89. The van der Waals surface area contributed by atoms with Crippen LogP contribution >= 0.6 is 0 Å². The Labute approximate surface area is 206 Å². The van der Waals surface area contributed by atoms with Crippen molar-refractivity contribution in [2.24, 2.45) is 17.1 Å². The number of imide groups is 1. The SMILES string of the molecule is CC(C)(C)C(=O)[C@H](CCCCC(N)=O)CC(=O)[C@H](CO)NC(=O)CCCCCN1C(=O)C=CC1=O. The first-order chi connectivity index (χ1) is 16.4. The molecule has 2 atom stereocenters. The van der Waals surface area contributed by atoms with Gasteiger partial charge in [0.05, 0.1) is 6.61 Å². The molecule has 1 rings (SSSR count). The van der Waals surface area contributed by atoms with Gasteiger partial charge < -0.3 is 16.2 Å². The van der Waals surface area contributed by atoms with Crippen molar-refractivity contribution in [3.63, 3.8) is 0 Å². The number of aliphatic hydroxyl groups is 1. The van der Waals surface area contributed by atoms with Crippen LogP contribution in [0.4, 0.5) is 0 Å². The Bertz CT molecular complexity index is 811. The van der Waals surface area contributed by atoms with Gasteiger partial charge >= 0.3 is 0 Å². The molecular weight excluding hydrogens is 454 g/mol. The van der Waals surface area contributed by atoms with Gasteiger partial charge in [0, 0.05) is 49.3 Å². The molecule has 10 nitrogen and oxygen atoms in total. The van der Waals surface area contributed by atoms with E-state index in [1.807, 2.05) is 0 Å². The fourth-order valence-electron chi connectivity index (χ4n) is 3.89. The van der Waals surface area contributed by atoms with Gasteiger partial charge in [-0.2, -0.15) is 0 Å². The third-order valence-corrected chi connectivity index (χ3v) is 5.88. The summed E-state index contributed by atoms with van der Waals surface area (Å²) in [7, 11) is 0. The van der Waals surface area contributed by atoms with E-state index in [4.69, 9.17) is 5.73 Å². The molecule has 1 aliphatic heterocycles. The normalized spacial score (nSPS) is 15.3. The van der Waals surface area contributed by atoms with E-state index >= 15 is 0 Å². The van der Waals surface area contributed by atoms with Crippen molar-refractivity contribution in [1.82, 2.24) is 10.2 Å². The fraction of sp³-hybridized carbons (Fsp3) is 0.680. The molecule has 196 valence electrons. The van der Waals surface area contributed by atoms with Gasteiger partial charge in [0.25, 0.3) is 11.8 Å². The number of Topliss-reactive ketones (excluding diaryl/α,β-unsaturated/α-hetero) is 2. The second kappa shape index (κ2) is 14.5. The van der Waals surface area contributed by atoms with E-state index in [0.717, 1.165) is 4.90 Å². The molecule has 4 N–H and O–H groups in total. The topological polar surface area (TPSA) is 164 Å². The van der Waals surface area contributed by atoms with Gasteiger partial charge in [-0.25, -0.2) is 0 Å². The number of carbonyl (C=O) groups is 6. The Balaban J connectivity index is 2.51. The third kappa shape index (κ3) is 10.9. The minimum Gasteiger partial charge on any atom is -0.394 e. The van der Waals surface area contributed by atoms with Crippen LogP contribution in [0.2, 0.25) is 0 Å². The Morgan fingerprint density at radius 3 is 2.11 bits per heavy atom. The van der Waals surface area contributed by atoms with Crippen LogP contribution in [0.25, 0.3) is 0 Å². The van der Waals surface area contributed by atoms with E-state index in [1.54, 1.807) is 20.8 Å². The van der Waals surface area contributed by atoms with Crippen LogP contribution < -0.4 is 11.1 Å². The number of primary amides is 1. The average Bonchev–Trinajstić information content (AvgIpc) is 3.09. The summed E-state index contributed by atoms with van der Waals surface area (Å²) >= 11 is 0. The van der Waals surface area contributed by atoms with Crippen LogP contribution in [-0.4, -0.2) is 64.4 Å². The molecule has 0 aromatic heterocycles. The molecule has 10 heteroatoms. The first-order valence-electron chi connectivity index (χ1n) is 12.2. The van der Waals surface area contributed by atoms with E-state index in [9.17, 15) is 33.9 Å².